The van der Waals surface area contributed by atoms with Crippen LogP contribution in [0.2, 0.25) is 0 Å². The molecule has 3 rings (SSSR count). The molecule has 0 N–H and O–H groups in total. The Morgan fingerprint density at radius 1 is 0.905 bits per heavy atom. The molecule has 0 fully saturated rings. The van der Waals surface area contributed by atoms with Crippen LogP contribution in [0.5, 0.6) is 0 Å². The van der Waals surface area contributed by atoms with E-state index < -0.39 is 0 Å². The van der Waals surface area contributed by atoms with Crippen molar-refractivity contribution in [1.82, 2.24) is 0 Å². The van der Waals surface area contributed by atoms with Gasteiger partial charge in [-0.05, 0) is 41.6 Å². The molecule has 2 aromatic carbocycles. The van der Waals surface area contributed by atoms with E-state index in [2.05, 4.69) is 0 Å². The van der Waals surface area contributed by atoms with E-state index in [0.29, 0.717) is 5.56 Å². The van der Waals surface area contributed by atoms with Gasteiger partial charge in [0.05, 0.1) is 0 Å². The zero-order valence-electron chi connectivity index (χ0n) is 11.5. The fourth-order valence-electron chi connectivity index (χ4n) is 2.25. The highest BCUT2D eigenvalue weighted by atomic mass is 32.1. The number of carbonyl (C=O) groups is 1. The highest BCUT2D eigenvalue weighted by Gasteiger charge is 2.09. The Bertz CT molecular complexity index is 770. The largest absolute Gasteiger partial charge is 0.295 e. The third-order valence-electron chi connectivity index (χ3n) is 3.37. The lowest BCUT2D eigenvalue weighted by Gasteiger charge is -2.05. The van der Waals surface area contributed by atoms with Crippen LogP contribution in [0.4, 0.5) is 4.39 Å². The standard InChI is InChI=1S/C18H13FOS/c1-12(20)13-2-4-14(5-3-13)17-10-11-21-18(17)15-6-8-16(19)9-7-15/h2-11H,1H3. The summed E-state index contributed by atoms with van der Waals surface area (Å²) in [6.07, 6.45) is 0. The van der Waals surface area contributed by atoms with E-state index in [1.165, 1.54) is 12.1 Å². The molecule has 104 valence electrons. The second-order valence-electron chi connectivity index (χ2n) is 4.80. The lowest BCUT2D eigenvalue weighted by molar-refractivity contribution is 0.101. The van der Waals surface area contributed by atoms with Crippen molar-refractivity contribution in [1.29, 1.82) is 0 Å². The Morgan fingerprint density at radius 2 is 1.52 bits per heavy atom. The fourth-order valence-corrected chi connectivity index (χ4v) is 3.17. The molecule has 0 saturated heterocycles. The predicted molar refractivity (Wildman–Crippen MR) is 85.2 cm³/mol. The Labute approximate surface area is 126 Å². The van der Waals surface area contributed by atoms with Crippen LogP contribution in [0.1, 0.15) is 17.3 Å². The van der Waals surface area contributed by atoms with E-state index >= 15 is 0 Å². The topological polar surface area (TPSA) is 17.1 Å². The van der Waals surface area contributed by atoms with Crippen molar-refractivity contribution in [3.63, 3.8) is 0 Å². The monoisotopic (exact) mass is 296 g/mol. The molecule has 1 aromatic heterocycles. The van der Waals surface area contributed by atoms with Gasteiger partial charge in [0.15, 0.2) is 5.78 Å². The lowest BCUT2D eigenvalue weighted by atomic mass is 10.0. The molecule has 0 radical (unpaired) electrons. The minimum absolute atomic E-state index is 0.0608. The molecular formula is C18H13FOS. The molecule has 0 aliphatic carbocycles. The molecule has 1 nitrogen and oxygen atoms in total. The van der Waals surface area contributed by atoms with Gasteiger partial charge in [0.2, 0.25) is 0 Å². The van der Waals surface area contributed by atoms with Gasteiger partial charge in [0, 0.05) is 16.0 Å². The second-order valence-corrected chi connectivity index (χ2v) is 5.72. The van der Waals surface area contributed by atoms with E-state index in [4.69, 9.17) is 0 Å². The van der Waals surface area contributed by atoms with Gasteiger partial charge in [0.25, 0.3) is 0 Å². The Balaban J connectivity index is 2.02. The molecule has 3 heteroatoms. The number of halogens is 1. The Morgan fingerprint density at radius 3 is 2.14 bits per heavy atom. The third-order valence-corrected chi connectivity index (χ3v) is 4.34. The summed E-state index contributed by atoms with van der Waals surface area (Å²) in [5, 5.41) is 2.02. The van der Waals surface area contributed by atoms with Gasteiger partial charge in [-0.1, -0.05) is 36.4 Å². The van der Waals surface area contributed by atoms with Crippen molar-refractivity contribution < 1.29 is 9.18 Å². The average Bonchev–Trinajstić information content (AvgIpc) is 2.97. The first kappa shape index (κ1) is 13.7. The molecule has 0 unspecified atom stereocenters. The number of rotatable bonds is 3. The molecular weight excluding hydrogens is 283 g/mol. The smallest absolute Gasteiger partial charge is 0.159 e. The average molecular weight is 296 g/mol. The summed E-state index contributed by atoms with van der Waals surface area (Å²) in [6.45, 7) is 1.56. The molecule has 3 aromatic rings. The van der Waals surface area contributed by atoms with Gasteiger partial charge in [-0.15, -0.1) is 11.3 Å². The summed E-state index contributed by atoms with van der Waals surface area (Å²) in [7, 11) is 0. The van der Waals surface area contributed by atoms with Gasteiger partial charge in [-0.2, -0.15) is 0 Å². The van der Waals surface area contributed by atoms with Gasteiger partial charge < -0.3 is 0 Å². The number of Topliss-reactive ketones (excluding diaryl/α,β-unsaturated/α-hetero) is 1. The molecule has 21 heavy (non-hydrogen) atoms. The number of hydrogen-bond donors (Lipinski definition) is 0. The SMILES string of the molecule is CC(=O)c1ccc(-c2ccsc2-c2ccc(F)cc2)cc1. The first-order valence-electron chi connectivity index (χ1n) is 6.60. The highest BCUT2D eigenvalue weighted by molar-refractivity contribution is 7.14. The number of ketones is 1. The van der Waals surface area contributed by atoms with E-state index in [1.807, 2.05) is 35.7 Å². The van der Waals surface area contributed by atoms with E-state index in [-0.39, 0.29) is 11.6 Å². The van der Waals surface area contributed by atoms with Crippen LogP contribution in [-0.2, 0) is 0 Å². The lowest BCUT2D eigenvalue weighted by Crippen LogP contribution is -1.90. The quantitative estimate of drug-likeness (QED) is 0.589. The number of benzene rings is 2. The molecule has 0 atom stereocenters. The van der Waals surface area contributed by atoms with Crippen LogP contribution in [0.15, 0.2) is 60.0 Å². The van der Waals surface area contributed by atoms with Gasteiger partial charge in [0.1, 0.15) is 5.82 Å². The Hall–Kier alpha value is -2.26. The van der Waals surface area contributed by atoms with Crippen LogP contribution in [-0.4, -0.2) is 5.78 Å². The number of thiophene rings is 1. The van der Waals surface area contributed by atoms with Crippen LogP contribution in [0.25, 0.3) is 21.6 Å². The summed E-state index contributed by atoms with van der Waals surface area (Å²) >= 11 is 1.62. The third kappa shape index (κ3) is 2.78. The summed E-state index contributed by atoms with van der Waals surface area (Å²) in [5.74, 6) is -0.173. The molecule has 0 amide bonds. The second kappa shape index (κ2) is 5.62. The Kier molecular flexibility index (Phi) is 3.67. The van der Waals surface area contributed by atoms with Crippen molar-refractivity contribution in [2.75, 3.05) is 0 Å². The summed E-state index contributed by atoms with van der Waals surface area (Å²) in [4.78, 5) is 12.4. The zero-order chi connectivity index (χ0) is 14.8. The first-order chi connectivity index (χ1) is 10.1. The van der Waals surface area contributed by atoms with Crippen LogP contribution >= 0.6 is 11.3 Å². The predicted octanol–water partition coefficient (Wildman–Crippen LogP) is 5.42. The fraction of sp³-hybridized carbons (Fsp3) is 0.0556. The molecule has 0 saturated carbocycles. The minimum atomic E-state index is -0.234. The van der Waals surface area contributed by atoms with Crippen LogP contribution < -0.4 is 0 Å². The highest BCUT2D eigenvalue weighted by Crippen LogP contribution is 2.36. The van der Waals surface area contributed by atoms with Crippen LogP contribution in [0.3, 0.4) is 0 Å². The van der Waals surface area contributed by atoms with Crippen LogP contribution in [0, 0.1) is 5.82 Å². The maximum Gasteiger partial charge on any atom is 0.159 e. The van der Waals surface area contributed by atoms with Crippen molar-refractivity contribution in [2.45, 2.75) is 6.92 Å². The molecule has 0 aliphatic heterocycles. The molecule has 0 bridgehead atoms. The van der Waals surface area contributed by atoms with Gasteiger partial charge in [-0.25, -0.2) is 4.39 Å². The molecule has 0 spiro atoms. The maximum atomic E-state index is 13.0. The van der Waals surface area contributed by atoms with Gasteiger partial charge in [-0.3, -0.25) is 4.79 Å². The first-order valence-corrected chi connectivity index (χ1v) is 7.48. The normalized spacial score (nSPS) is 10.6. The zero-order valence-corrected chi connectivity index (χ0v) is 12.3. The number of carbonyl (C=O) groups excluding carboxylic acids is 1. The van der Waals surface area contributed by atoms with Crippen molar-refractivity contribution >= 4 is 17.1 Å². The summed E-state index contributed by atoms with van der Waals surface area (Å²) < 4.78 is 13.0. The van der Waals surface area contributed by atoms with Gasteiger partial charge >= 0.3 is 0 Å². The van der Waals surface area contributed by atoms with E-state index in [9.17, 15) is 9.18 Å². The van der Waals surface area contributed by atoms with E-state index in [0.717, 1.165) is 21.6 Å². The summed E-state index contributed by atoms with van der Waals surface area (Å²) in [6, 6.07) is 16.1. The summed E-state index contributed by atoms with van der Waals surface area (Å²) in [5.41, 5.74) is 3.86. The molecule has 0 aliphatic rings. The molecule has 1 heterocycles. The van der Waals surface area contributed by atoms with Crippen molar-refractivity contribution in [3.8, 4) is 21.6 Å². The van der Waals surface area contributed by atoms with E-state index in [1.54, 1.807) is 30.4 Å². The number of hydrogen-bond acceptors (Lipinski definition) is 2. The van der Waals surface area contributed by atoms with Crippen molar-refractivity contribution in [3.05, 3.63) is 71.4 Å². The van der Waals surface area contributed by atoms with Crippen molar-refractivity contribution in [2.24, 2.45) is 0 Å². The maximum absolute atomic E-state index is 13.0. The minimum Gasteiger partial charge on any atom is -0.295 e.